The first-order valence-electron chi connectivity index (χ1n) is 3.32. The maximum atomic E-state index is 5.04. The minimum atomic E-state index is 0.630. The largest absolute Gasteiger partial charge is 0.335 e. The number of rotatable bonds is 3. The zero-order valence-corrected chi connectivity index (χ0v) is 7.14. The second-order valence-corrected chi connectivity index (χ2v) is 3.29. The molecule has 0 aliphatic heterocycles. The van der Waals surface area contributed by atoms with Gasteiger partial charge in [0, 0.05) is 7.11 Å². The molecule has 0 aromatic heterocycles. The van der Waals surface area contributed by atoms with Crippen molar-refractivity contribution < 1.29 is 9.22 Å². The van der Waals surface area contributed by atoms with Crippen LogP contribution >= 0.6 is 0 Å². The van der Waals surface area contributed by atoms with Crippen LogP contribution in [0.5, 0.6) is 0 Å². The molecule has 0 radical (unpaired) electrons. The summed E-state index contributed by atoms with van der Waals surface area (Å²) in [6, 6.07) is 0.630. The Balaban J connectivity index is 3.70. The molecule has 0 aromatic carbocycles. The fourth-order valence-electron chi connectivity index (χ4n) is 0.482. The van der Waals surface area contributed by atoms with E-state index < -0.39 is 0 Å². The van der Waals surface area contributed by atoms with Crippen LogP contribution < -0.4 is 0 Å². The molecule has 0 heterocycles. The molecule has 2 heteroatoms. The normalized spacial score (nSPS) is 12.7. The van der Waals surface area contributed by atoms with Gasteiger partial charge in [0.2, 0.25) is 0 Å². The Labute approximate surface area is 58.0 Å². The predicted octanol–water partition coefficient (Wildman–Crippen LogP) is 1.08. The Hall–Kier alpha value is -0.0800. The molecule has 0 rings (SSSR count). The van der Waals surface area contributed by atoms with E-state index in [9.17, 15) is 0 Å². The Kier molecular flexibility index (Phi) is 3.15. The summed E-state index contributed by atoms with van der Waals surface area (Å²) in [5.74, 6) is 0. The number of methoxy groups -OCH3 is 1. The molecular weight excluding hydrogens is 114 g/mol. The molecule has 2 nitrogen and oxygen atoms in total. The van der Waals surface area contributed by atoms with Crippen LogP contribution in [0, 0.1) is 0 Å². The Morgan fingerprint density at radius 2 is 1.78 bits per heavy atom. The van der Waals surface area contributed by atoms with Crippen LogP contribution in [0.2, 0.25) is 0 Å². The molecule has 9 heavy (non-hydrogen) atoms. The van der Waals surface area contributed by atoms with Crippen molar-refractivity contribution in [1.29, 1.82) is 0 Å². The summed E-state index contributed by atoms with van der Waals surface area (Å²) in [4.78, 5) is 0. The molecule has 0 bridgehead atoms. The van der Waals surface area contributed by atoms with E-state index in [0.717, 1.165) is 11.2 Å². The van der Waals surface area contributed by atoms with Gasteiger partial charge < -0.3 is 9.22 Å². The minimum absolute atomic E-state index is 0.630. The predicted molar refractivity (Wildman–Crippen MR) is 39.1 cm³/mol. The lowest BCUT2D eigenvalue weighted by atomic mass is 10.3. The first-order valence-corrected chi connectivity index (χ1v) is 3.32. The van der Waals surface area contributed by atoms with Crippen molar-refractivity contribution in [3.05, 3.63) is 0 Å². The summed E-state index contributed by atoms with van der Waals surface area (Å²) in [5.41, 5.74) is 0. The van der Waals surface area contributed by atoms with E-state index in [1.807, 2.05) is 0 Å². The van der Waals surface area contributed by atoms with Gasteiger partial charge in [-0.3, -0.25) is 0 Å². The van der Waals surface area contributed by atoms with Gasteiger partial charge in [0.1, 0.15) is 0 Å². The smallest absolute Gasteiger partial charge is 0.182 e. The van der Waals surface area contributed by atoms with Crippen LogP contribution in [0.3, 0.4) is 0 Å². The summed E-state index contributed by atoms with van der Waals surface area (Å²) in [6.45, 7) is 5.18. The molecule has 0 saturated heterocycles. The molecule has 0 spiro atoms. The maximum absolute atomic E-state index is 5.04. The highest BCUT2D eigenvalue weighted by Gasteiger charge is 2.17. The van der Waals surface area contributed by atoms with E-state index in [-0.39, 0.29) is 0 Å². The molecule has 0 aliphatic carbocycles. The van der Waals surface area contributed by atoms with Gasteiger partial charge >= 0.3 is 0 Å². The number of ether oxygens (including phenoxy) is 1. The number of hydrogen-bond acceptors (Lipinski definition) is 1. The topological polar surface area (TPSA) is 9.23 Å². The molecule has 56 valence electrons. The molecule has 0 unspecified atom stereocenters. The van der Waals surface area contributed by atoms with E-state index in [0.29, 0.717) is 6.04 Å². The highest BCUT2D eigenvalue weighted by molar-refractivity contribution is 4.34. The minimum Gasteiger partial charge on any atom is -0.335 e. The molecule has 0 fully saturated rings. The van der Waals surface area contributed by atoms with Gasteiger partial charge in [-0.05, 0) is 13.8 Å². The molecule has 0 amide bonds. The standard InChI is InChI=1S/C7H18NO/c1-7(2)8(3,4)6-9-5/h7H,6H2,1-5H3/q+1. The Morgan fingerprint density at radius 1 is 1.33 bits per heavy atom. The third-order valence-electron chi connectivity index (χ3n) is 1.86. The Morgan fingerprint density at radius 3 is 1.89 bits per heavy atom. The maximum Gasteiger partial charge on any atom is 0.182 e. The average molecular weight is 132 g/mol. The first-order chi connectivity index (χ1) is 4.00. The lowest BCUT2D eigenvalue weighted by Crippen LogP contribution is -2.46. The van der Waals surface area contributed by atoms with Crippen molar-refractivity contribution in [1.82, 2.24) is 0 Å². The fraction of sp³-hybridized carbons (Fsp3) is 1.00. The molecule has 0 N–H and O–H groups in total. The van der Waals surface area contributed by atoms with E-state index in [1.165, 1.54) is 0 Å². The molecule has 0 aliphatic rings. The van der Waals surface area contributed by atoms with Gasteiger partial charge in [0.25, 0.3) is 0 Å². The first kappa shape index (κ1) is 8.92. The van der Waals surface area contributed by atoms with Gasteiger partial charge in [-0.25, -0.2) is 0 Å². The second-order valence-electron chi connectivity index (χ2n) is 3.29. The highest BCUT2D eigenvalue weighted by atomic mass is 16.5. The summed E-state index contributed by atoms with van der Waals surface area (Å²) in [6.07, 6.45) is 0. The van der Waals surface area contributed by atoms with Gasteiger partial charge in [-0.2, -0.15) is 0 Å². The van der Waals surface area contributed by atoms with Gasteiger partial charge in [-0.15, -0.1) is 0 Å². The zero-order chi connectivity index (χ0) is 7.49. The average Bonchev–Trinajstić information content (AvgIpc) is 1.65. The highest BCUT2D eigenvalue weighted by Crippen LogP contribution is 2.03. The van der Waals surface area contributed by atoms with Crippen LogP contribution in [-0.4, -0.2) is 38.5 Å². The van der Waals surface area contributed by atoms with Crippen molar-refractivity contribution in [3.63, 3.8) is 0 Å². The van der Waals surface area contributed by atoms with Crippen molar-refractivity contribution in [2.45, 2.75) is 19.9 Å². The van der Waals surface area contributed by atoms with Gasteiger partial charge in [-0.1, -0.05) is 0 Å². The van der Waals surface area contributed by atoms with Crippen LogP contribution in [0.1, 0.15) is 13.8 Å². The van der Waals surface area contributed by atoms with E-state index in [4.69, 9.17) is 4.74 Å². The van der Waals surface area contributed by atoms with Crippen molar-refractivity contribution in [3.8, 4) is 0 Å². The summed E-state index contributed by atoms with van der Waals surface area (Å²) >= 11 is 0. The third-order valence-corrected chi connectivity index (χ3v) is 1.86. The molecule has 0 aromatic rings. The van der Waals surface area contributed by atoms with Crippen LogP contribution in [0.4, 0.5) is 0 Å². The van der Waals surface area contributed by atoms with Crippen LogP contribution in [0.15, 0.2) is 0 Å². The van der Waals surface area contributed by atoms with Gasteiger partial charge in [0.05, 0.1) is 20.1 Å². The summed E-state index contributed by atoms with van der Waals surface area (Å²) in [5, 5.41) is 0. The number of quaternary nitrogens is 1. The van der Waals surface area contributed by atoms with Crippen molar-refractivity contribution in [2.24, 2.45) is 0 Å². The summed E-state index contributed by atoms with van der Waals surface area (Å²) in [7, 11) is 6.06. The second kappa shape index (κ2) is 3.18. The van der Waals surface area contributed by atoms with E-state index in [1.54, 1.807) is 7.11 Å². The number of nitrogens with zero attached hydrogens (tertiary/aromatic N) is 1. The molecular formula is C7H18NO+. The lowest BCUT2D eigenvalue weighted by Gasteiger charge is -2.32. The van der Waals surface area contributed by atoms with Crippen molar-refractivity contribution >= 4 is 0 Å². The van der Waals surface area contributed by atoms with Crippen LogP contribution in [0.25, 0.3) is 0 Å². The molecule has 0 atom stereocenters. The van der Waals surface area contributed by atoms with Gasteiger partial charge in [0.15, 0.2) is 6.73 Å². The molecule has 0 saturated carbocycles. The van der Waals surface area contributed by atoms with E-state index in [2.05, 4.69) is 27.9 Å². The number of hydrogen-bond donors (Lipinski definition) is 0. The monoisotopic (exact) mass is 132 g/mol. The Bertz CT molecular complexity index is 79.0. The third kappa shape index (κ3) is 2.82. The van der Waals surface area contributed by atoms with Crippen molar-refractivity contribution in [2.75, 3.05) is 27.9 Å². The van der Waals surface area contributed by atoms with Crippen LogP contribution in [-0.2, 0) is 4.74 Å². The SMILES string of the molecule is COC[N+](C)(C)C(C)C. The fourth-order valence-corrected chi connectivity index (χ4v) is 0.482. The lowest BCUT2D eigenvalue weighted by molar-refractivity contribution is -0.928. The van der Waals surface area contributed by atoms with E-state index >= 15 is 0 Å². The summed E-state index contributed by atoms with van der Waals surface area (Å²) < 4.78 is 5.97. The zero-order valence-electron chi connectivity index (χ0n) is 7.14. The quantitative estimate of drug-likeness (QED) is 0.412.